The summed E-state index contributed by atoms with van der Waals surface area (Å²) in [6.45, 7) is 0. The Labute approximate surface area is 116 Å². The molecule has 0 saturated heterocycles. The molecule has 1 aliphatic carbocycles. The maximum atomic E-state index is 12.4. The number of carboxylic acids is 2. The van der Waals surface area contributed by atoms with E-state index in [0.29, 0.717) is 18.4 Å². The van der Waals surface area contributed by atoms with Crippen molar-refractivity contribution in [2.24, 2.45) is 11.8 Å². The van der Waals surface area contributed by atoms with Gasteiger partial charge in [0.25, 0.3) is 0 Å². The van der Waals surface area contributed by atoms with Crippen LogP contribution in [0.5, 0.6) is 0 Å². The average molecular weight is 276 g/mol. The van der Waals surface area contributed by atoms with Gasteiger partial charge in [0.15, 0.2) is 5.78 Å². The molecule has 1 aliphatic rings. The lowest BCUT2D eigenvalue weighted by Gasteiger charge is -2.27. The minimum atomic E-state index is -1.05. The highest BCUT2D eigenvalue weighted by molar-refractivity contribution is 6.00. The summed E-state index contributed by atoms with van der Waals surface area (Å²) in [5.74, 6) is -3.31. The van der Waals surface area contributed by atoms with Crippen LogP contribution in [0.4, 0.5) is 0 Å². The second-order valence-electron chi connectivity index (χ2n) is 5.08. The molecule has 20 heavy (non-hydrogen) atoms. The summed E-state index contributed by atoms with van der Waals surface area (Å²) in [5.41, 5.74) is 0.494. The lowest BCUT2D eigenvalue weighted by Crippen LogP contribution is -2.32. The SMILES string of the molecule is O=C(O)c1ccc(C(=O)[C@@H]2CCCC[C@@H]2C(=O)O)cc1. The Kier molecular flexibility index (Phi) is 4.17. The number of rotatable bonds is 4. The van der Waals surface area contributed by atoms with Crippen molar-refractivity contribution >= 4 is 17.7 Å². The second kappa shape index (κ2) is 5.86. The molecular formula is C15H16O5. The Bertz CT molecular complexity index is 532. The fourth-order valence-electron chi connectivity index (χ4n) is 2.73. The first-order valence-electron chi connectivity index (χ1n) is 6.61. The van der Waals surface area contributed by atoms with Gasteiger partial charge in [-0.15, -0.1) is 0 Å². The Balaban J connectivity index is 2.20. The van der Waals surface area contributed by atoms with Gasteiger partial charge in [-0.05, 0) is 25.0 Å². The minimum absolute atomic E-state index is 0.111. The summed E-state index contributed by atoms with van der Waals surface area (Å²) in [4.78, 5) is 34.4. The molecule has 0 amide bonds. The number of carbonyl (C=O) groups is 3. The van der Waals surface area contributed by atoms with Gasteiger partial charge in [-0.3, -0.25) is 9.59 Å². The highest BCUT2D eigenvalue weighted by Crippen LogP contribution is 2.32. The Morgan fingerprint density at radius 1 is 0.850 bits per heavy atom. The maximum absolute atomic E-state index is 12.4. The van der Waals surface area contributed by atoms with E-state index in [1.54, 1.807) is 0 Å². The Hall–Kier alpha value is -2.17. The first-order chi connectivity index (χ1) is 9.50. The maximum Gasteiger partial charge on any atom is 0.335 e. The molecule has 0 aliphatic heterocycles. The first-order valence-corrected chi connectivity index (χ1v) is 6.61. The molecule has 1 fully saturated rings. The van der Waals surface area contributed by atoms with Crippen LogP contribution in [0, 0.1) is 11.8 Å². The van der Waals surface area contributed by atoms with Gasteiger partial charge in [-0.2, -0.15) is 0 Å². The molecule has 0 heterocycles. The van der Waals surface area contributed by atoms with Crippen molar-refractivity contribution in [2.45, 2.75) is 25.7 Å². The van der Waals surface area contributed by atoms with Gasteiger partial charge in [-0.1, -0.05) is 25.0 Å². The molecule has 5 nitrogen and oxygen atoms in total. The van der Waals surface area contributed by atoms with Crippen LogP contribution < -0.4 is 0 Å². The number of aliphatic carboxylic acids is 1. The van der Waals surface area contributed by atoms with Crippen LogP contribution in [0.15, 0.2) is 24.3 Å². The van der Waals surface area contributed by atoms with E-state index >= 15 is 0 Å². The molecule has 1 saturated carbocycles. The van der Waals surface area contributed by atoms with E-state index in [1.165, 1.54) is 24.3 Å². The lowest BCUT2D eigenvalue weighted by molar-refractivity contribution is -0.144. The van der Waals surface area contributed by atoms with Crippen LogP contribution in [0.25, 0.3) is 0 Å². The molecule has 5 heteroatoms. The smallest absolute Gasteiger partial charge is 0.335 e. The van der Waals surface area contributed by atoms with Crippen LogP contribution >= 0.6 is 0 Å². The van der Waals surface area contributed by atoms with Gasteiger partial charge in [0.2, 0.25) is 0 Å². The van der Waals surface area contributed by atoms with Crippen molar-refractivity contribution in [3.63, 3.8) is 0 Å². The van der Waals surface area contributed by atoms with Gasteiger partial charge in [0.1, 0.15) is 0 Å². The third kappa shape index (κ3) is 2.87. The third-order valence-electron chi connectivity index (χ3n) is 3.84. The van der Waals surface area contributed by atoms with Crippen molar-refractivity contribution in [1.82, 2.24) is 0 Å². The molecular weight excluding hydrogens is 260 g/mol. The monoisotopic (exact) mass is 276 g/mol. The first kappa shape index (κ1) is 14.2. The number of aromatic carboxylic acids is 1. The largest absolute Gasteiger partial charge is 0.481 e. The molecule has 0 spiro atoms. The van der Waals surface area contributed by atoms with Crippen molar-refractivity contribution in [2.75, 3.05) is 0 Å². The predicted molar refractivity (Wildman–Crippen MR) is 70.8 cm³/mol. The van der Waals surface area contributed by atoms with Gasteiger partial charge < -0.3 is 10.2 Å². The third-order valence-corrected chi connectivity index (χ3v) is 3.84. The van der Waals surface area contributed by atoms with E-state index in [-0.39, 0.29) is 11.3 Å². The zero-order valence-electron chi connectivity index (χ0n) is 10.9. The summed E-state index contributed by atoms with van der Waals surface area (Å²) in [6.07, 6.45) is 2.79. The number of hydrogen-bond donors (Lipinski definition) is 2. The molecule has 2 rings (SSSR count). The molecule has 2 N–H and O–H groups in total. The van der Waals surface area contributed by atoms with Gasteiger partial charge in [0, 0.05) is 11.5 Å². The Morgan fingerprint density at radius 2 is 1.35 bits per heavy atom. The fraction of sp³-hybridized carbons (Fsp3) is 0.400. The van der Waals surface area contributed by atoms with Crippen molar-refractivity contribution in [1.29, 1.82) is 0 Å². The number of hydrogen-bond acceptors (Lipinski definition) is 3. The van der Waals surface area contributed by atoms with Gasteiger partial charge >= 0.3 is 11.9 Å². The van der Waals surface area contributed by atoms with E-state index < -0.39 is 23.8 Å². The van der Waals surface area contributed by atoms with Gasteiger partial charge in [-0.25, -0.2) is 4.79 Å². The zero-order chi connectivity index (χ0) is 14.7. The van der Waals surface area contributed by atoms with E-state index in [4.69, 9.17) is 5.11 Å². The summed E-state index contributed by atoms with van der Waals surface area (Å²) in [5, 5.41) is 18.0. The second-order valence-corrected chi connectivity index (χ2v) is 5.08. The predicted octanol–water partition coefficient (Wildman–Crippen LogP) is 2.46. The fourth-order valence-corrected chi connectivity index (χ4v) is 2.73. The van der Waals surface area contributed by atoms with E-state index in [2.05, 4.69) is 0 Å². The van der Waals surface area contributed by atoms with Crippen molar-refractivity contribution < 1.29 is 24.6 Å². The quantitative estimate of drug-likeness (QED) is 0.824. The van der Waals surface area contributed by atoms with Crippen LogP contribution in [-0.2, 0) is 4.79 Å². The normalized spacial score (nSPS) is 22.2. The summed E-state index contributed by atoms with van der Waals surface area (Å²) >= 11 is 0. The number of carbonyl (C=O) groups excluding carboxylic acids is 1. The Morgan fingerprint density at radius 3 is 1.85 bits per heavy atom. The number of Topliss-reactive ketones (excluding diaryl/α,β-unsaturated/α-hetero) is 1. The summed E-state index contributed by atoms with van der Waals surface area (Å²) in [6, 6.07) is 5.65. The van der Waals surface area contributed by atoms with E-state index in [9.17, 15) is 19.5 Å². The molecule has 1 aromatic carbocycles. The van der Waals surface area contributed by atoms with Crippen LogP contribution in [0.1, 0.15) is 46.4 Å². The lowest BCUT2D eigenvalue weighted by atomic mass is 9.75. The highest BCUT2D eigenvalue weighted by atomic mass is 16.4. The molecule has 0 radical (unpaired) electrons. The molecule has 0 bridgehead atoms. The number of ketones is 1. The number of carboxylic acid groups (broad SMARTS) is 2. The van der Waals surface area contributed by atoms with Crippen molar-refractivity contribution in [3.05, 3.63) is 35.4 Å². The van der Waals surface area contributed by atoms with Crippen molar-refractivity contribution in [3.8, 4) is 0 Å². The highest BCUT2D eigenvalue weighted by Gasteiger charge is 2.35. The minimum Gasteiger partial charge on any atom is -0.481 e. The van der Waals surface area contributed by atoms with E-state index in [0.717, 1.165) is 12.8 Å². The average Bonchev–Trinajstić information content (AvgIpc) is 2.46. The van der Waals surface area contributed by atoms with Gasteiger partial charge in [0.05, 0.1) is 11.5 Å². The topological polar surface area (TPSA) is 91.7 Å². The van der Waals surface area contributed by atoms with Crippen LogP contribution in [0.3, 0.4) is 0 Å². The summed E-state index contributed by atoms with van der Waals surface area (Å²) in [7, 11) is 0. The van der Waals surface area contributed by atoms with Crippen LogP contribution in [-0.4, -0.2) is 27.9 Å². The molecule has 106 valence electrons. The standard InChI is InChI=1S/C15H16O5/c16-13(9-5-7-10(8-6-9)14(17)18)11-3-1-2-4-12(11)15(19)20/h5-8,11-12H,1-4H2,(H,17,18)(H,19,20)/t11-,12+/m1/s1. The summed E-state index contributed by atoms with van der Waals surface area (Å²) < 4.78 is 0. The zero-order valence-corrected chi connectivity index (χ0v) is 10.9. The van der Waals surface area contributed by atoms with E-state index in [1.807, 2.05) is 0 Å². The number of benzene rings is 1. The molecule has 0 aromatic heterocycles. The molecule has 2 atom stereocenters. The molecule has 1 aromatic rings. The van der Waals surface area contributed by atoms with Crippen LogP contribution in [0.2, 0.25) is 0 Å². The molecule has 0 unspecified atom stereocenters.